The zero-order valence-corrected chi connectivity index (χ0v) is 12.0. The fourth-order valence-electron chi connectivity index (χ4n) is 1.79. The molecule has 0 aliphatic carbocycles. The first kappa shape index (κ1) is 14.2. The lowest BCUT2D eigenvalue weighted by Gasteiger charge is -2.11. The molecule has 0 aliphatic heterocycles. The number of aromatic nitrogens is 2. The van der Waals surface area contributed by atoms with Crippen molar-refractivity contribution in [1.29, 1.82) is 0 Å². The van der Waals surface area contributed by atoms with Gasteiger partial charge in [0.25, 0.3) is 0 Å². The lowest BCUT2D eigenvalue weighted by atomic mass is 10.2. The first-order valence-corrected chi connectivity index (χ1v) is 7.20. The van der Waals surface area contributed by atoms with E-state index in [0.717, 1.165) is 34.1 Å². The summed E-state index contributed by atoms with van der Waals surface area (Å²) >= 11 is 1.66. The summed E-state index contributed by atoms with van der Waals surface area (Å²) in [6, 6.07) is 5.94. The van der Waals surface area contributed by atoms with Crippen molar-refractivity contribution in [2.24, 2.45) is 0 Å². The molecule has 1 unspecified atom stereocenters. The third-order valence-corrected chi connectivity index (χ3v) is 3.91. The number of nitrogens with zero attached hydrogens (tertiary/aromatic N) is 1. The normalized spacial score (nSPS) is 12.8. The van der Waals surface area contributed by atoms with Crippen LogP contribution in [0.3, 0.4) is 0 Å². The van der Waals surface area contributed by atoms with E-state index < -0.39 is 0 Å². The molecular weight excluding hydrogens is 262 g/mol. The number of aliphatic hydroxyl groups is 1. The minimum Gasteiger partial charge on any atom is -0.497 e. The van der Waals surface area contributed by atoms with Crippen molar-refractivity contribution in [3.63, 3.8) is 0 Å². The van der Waals surface area contributed by atoms with Crippen molar-refractivity contribution in [2.45, 2.75) is 17.6 Å². The molecule has 0 bridgehead atoms. The predicted molar refractivity (Wildman–Crippen MR) is 77.9 cm³/mol. The number of hydrogen-bond donors (Lipinski definition) is 3. The molecule has 19 heavy (non-hydrogen) atoms. The Hall–Kier alpha value is -1.24. The lowest BCUT2D eigenvalue weighted by molar-refractivity contribution is 0.246. The average molecular weight is 281 g/mol. The average Bonchev–Trinajstić information content (AvgIpc) is 2.85. The Labute approximate surface area is 116 Å². The SMILES string of the molecule is CNC(CO)CCSc1nc2ccc(OC)cc2[nH]1. The molecule has 1 atom stereocenters. The maximum Gasteiger partial charge on any atom is 0.166 e. The monoisotopic (exact) mass is 281 g/mol. The molecular formula is C13H19N3O2S. The third-order valence-electron chi connectivity index (χ3n) is 3.00. The highest BCUT2D eigenvalue weighted by Crippen LogP contribution is 2.23. The molecule has 2 aromatic rings. The summed E-state index contributed by atoms with van der Waals surface area (Å²) in [7, 11) is 3.51. The number of aromatic amines is 1. The zero-order chi connectivity index (χ0) is 13.7. The molecule has 0 radical (unpaired) electrons. The van der Waals surface area contributed by atoms with Crippen LogP contribution in [0.5, 0.6) is 5.75 Å². The largest absolute Gasteiger partial charge is 0.497 e. The van der Waals surface area contributed by atoms with Crippen molar-refractivity contribution >= 4 is 22.8 Å². The highest BCUT2D eigenvalue weighted by atomic mass is 32.2. The molecule has 3 N–H and O–H groups in total. The summed E-state index contributed by atoms with van der Waals surface area (Å²) in [5.74, 6) is 1.73. The van der Waals surface area contributed by atoms with Gasteiger partial charge < -0.3 is 20.1 Å². The third kappa shape index (κ3) is 3.62. The molecule has 0 spiro atoms. The van der Waals surface area contributed by atoms with Crippen molar-refractivity contribution in [1.82, 2.24) is 15.3 Å². The Kier molecular flexibility index (Phi) is 5.07. The van der Waals surface area contributed by atoms with Gasteiger partial charge in [0.1, 0.15) is 5.75 Å². The molecule has 1 heterocycles. The fraction of sp³-hybridized carbons (Fsp3) is 0.462. The van der Waals surface area contributed by atoms with E-state index in [1.54, 1.807) is 18.9 Å². The van der Waals surface area contributed by atoms with E-state index in [1.807, 2.05) is 25.2 Å². The summed E-state index contributed by atoms with van der Waals surface area (Å²) in [5, 5.41) is 13.1. The Bertz CT molecular complexity index is 526. The van der Waals surface area contributed by atoms with Gasteiger partial charge >= 0.3 is 0 Å². The van der Waals surface area contributed by atoms with Crippen LogP contribution in [0.1, 0.15) is 6.42 Å². The summed E-state index contributed by atoms with van der Waals surface area (Å²) in [5.41, 5.74) is 1.92. The summed E-state index contributed by atoms with van der Waals surface area (Å²) in [4.78, 5) is 7.77. The highest BCUT2D eigenvalue weighted by molar-refractivity contribution is 7.99. The van der Waals surface area contributed by atoms with Crippen LogP contribution in [0.25, 0.3) is 11.0 Å². The number of fused-ring (bicyclic) bond motifs is 1. The van der Waals surface area contributed by atoms with Gasteiger partial charge in [0, 0.05) is 17.9 Å². The second kappa shape index (κ2) is 6.79. The maximum atomic E-state index is 9.09. The number of nitrogens with one attached hydrogen (secondary N) is 2. The minimum atomic E-state index is 0.150. The van der Waals surface area contributed by atoms with Gasteiger partial charge in [-0.15, -0.1) is 0 Å². The number of benzene rings is 1. The first-order chi connectivity index (χ1) is 9.26. The van der Waals surface area contributed by atoms with Gasteiger partial charge in [-0.1, -0.05) is 11.8 Å². The standard InChI is InChI=1S/C13H19N3O2S/c1-14-9(8-17)5-6-19-13-15-11-4-3-10(18-2)7-12(11)16-13/h3-4,7,9,14,17H,5-6,8H2,1-2H3,(H,15,16). The van der Waals surface area contributed by atoms with Gasteiger partial charge in [-0.25, -0.2) is 4.98 Å². The lowest BCUT2D eigenvalue weighted by Crippen LogP contribution is -2.29. The maximum absolute atomic E-state index is 9.09. The Morgan fingerprint density at radius 3 is 3.05 bits per heavy atom. The fourth-order valence-corrected chi connectivity index (χ4v) is 2.73. The minimum absolute atomic E-state index is 0.150. The van der Waals surface area contributed by atoms with E-state index >= 15 is 0 Å². The molecule has 0 saturated heterocycles. The molecule has 0 fully saturated rings. The molecule has 1 aromatic carbocycles. The highest BCUT2D eigenvalue weighted by Gasteiger charge is 2.07. The molecule has 0 amide bonds. The number of imidazole rings is 1. The Balaban J connectivity index is 1.97. The quantitative estimate of drug-likeness (QED) is 0.673. The van der Waals surface area contributed by atoms with Crippen LogP contribution in [0.15, 0.2) is 23.4 Å². The smallest absolute Gasteiger partial charge is 0.166 e. The van der Waals surface area contributed by atoms with E-state index in [9.17, 15) is 0 Å². The van der Waals surface area contributed by atoms with Gasteiger partial charge in [0.15, 0.2) is 5.16 Å². The number of aliphatic hydroxyl groups excluding tert-OH is 1. The predicted octanol–water partition coefficient (Wildman–Crippen LogP) is 1.63. The van der Waals surface area contributed by atoms with Crippen LogP contribution < -0.4 is 10.1 Å². The number of methoxy groups -OCH3 is 1. The molecule has 2 rings (SSSR count). The molecule has 5 nitrogen and oxygen atoms in total. The van der Waals surface area contributed by atoms with Gasteiger partial charge in [0.2, 0.25) is 0 Å². The van der Waals surface area contributed by atoms with E-state index in [4.69, 9.17) is 9.84 Å². The van der Waals surface area contributed by atoms with E-state index in [2.05, 4.69) is 15.3 Å². The summed E-state index contributed by atoms with van der Waals surface area (Å²) in [6.07, 6.45) is 0.901. The summed E-state index contributed by atoms with van der Waals surface area (Å²) < 4.78 is 5.18. The van der Waals surface area contributed by atoms with Crippen LogP contribution >= 0.6 is 11.8 Å². The van der Waals surface area contributed by atoms with E-state index in [0.29, 0.717) is 0 Å². The second-order valence-electron chi connectivity index (χ2n) is 4.23. The van der Waals surface area contributed by atoms with Crippen LogP contribution in [0.2, 0.25) is 0 Å². The molecule has 104 valence electrons. The van der Waals surface area contributed by atoms with Crippen LogP contribution in [-0.4, -0.2) is 47.6 Å². The van der Waals surface area contributed by atoms with E-state index in [-0.39, 0.29) is 12.6 Å². The number of H-pyrrole nitrogens is 1. The molecule has 0 saturated carbocycles. The number of likely N-dealkylation sites (N-methyl/N-ethyl adjacent to an activating group) is 1. The van der Waals surface area contributed by atoms with Crippen LogP contribution in [0.4, 0.5) is 0 Å². The van der Waals surface area contributed by atoms with Gasteiger partial charge in [-0.3, -0.25) is 0 Å². The molecule has 1 aromatic heterocycles. The van der Waals surface area contributed by atoms with Gasteiger partial charge in [-0.05, 0) is 25.6 Å². The molecule has 0 aliphatic rings. The number of hydrogen-bond acceptors (Lipinski definition) is 5. The topological polar surface area (TPSA) is 70.2 Å². The Morgan fingerprint density at radius 1 is 1.53 bits per heavy atom. The van der Waals surface area contributed by atoms with Crippen molar-refractivity contribution in [3.05, 3.63) is 18.2 Å². The number of rotatable bonds is 7. The van der Waals surface area contributed by atoms with Crippen molar-refractivity contribution in [2.75, 3.05) is 26.5 Å². The summed E-state index contributed by atoms with van der Waals surface area (Å²) in [6.45, 7) is 0.161. The van der Waals surface area contributed by atoms with Gasteiger partial charge in [0.05, 0.1) is 24.8 Å². The van der Waals surface area contributed by atoms with Crippen LogP contribution in [-0.2, 0) is 0 Å². The Morgan fingerprint density at radius 2 is 2.37 bits per heavy atom. The van der Waals surface area contributed by atoms with Gasteiger partial charge in [-0.2, -0.15) is 0 Å². The van der Waals surface area contributed by atoms with Crippen molar-refractivity contribution in [3.8, 4) is 5.75 Å². The van der Waals surface area contributed by atoms with Crippen molar-refractivity contribution < 1.29 is 9.84 Å². The van der Waals surface area contributed by atoms with Crippen LogP contribution in [0, 0.1) is 0 Å². The number of thioether (sulfide) groups is 1. The first-order valence-electron chi connectivity index (χ1n) is 6.21. The molecule has 6 heteroatoms. The second-order valence-corrected chi connectivity index (χ2v) is 5.31. The zero-order valence-electron chi connectivity index (χ0n) is 11.1. The number of ether oxygens (including phenoxy) is 1. The van der Waals surface area contributed by atoms with E-state index in [1.165, 1.54) is 0 Å².